The minimum Gasteiger partial charge on any atom is -0.339 e. The molecule has 1 aliphatic heterocycles. The molecule has 0 aliphatic carbocycles. The van der Waals surface area contributed by atoms with Gasteiger partial charge in [0.05, 0.1) is 17.1 Å². The quantitative estimate of drug-likeness (QED) is 0.856. The molecule has 0 radical (unpaired) electrons. The van der Waals surface area contributed by atoms with Crippen LogP contribution in [0.5, 0.6) is 0 Å². The molecule has 1 aliphatic rings. The number of aromatic nitrogens is 3. The predicted octanol–water partition coefficient (Wildman–Crippen LogP) is 3.19. The summed E-state index contributed by atoms with van der Waals surface area (Å²) in [6.07, 6.45) is 3.95. The third-order valence-electron chi connectivity index (χ3n) is 4.49. The van der Waals surface area contributed by atoms with E-state index in [0.29, 0.717) is 5.92 Å². The third kappa shape index (κ3) is 2.60. The Morgan fingerprint density at radius 1 is 1.32 bits per heavy atom. The van der Waals surface area contributed by atoms with Gasteiger partial charge in [0.1, 0.15) is 0 Å². The molecule has 0 saturated carbocycles. The Hall–Kier alpha value is -1.91. The Labute approximate surface area is 131 Å². The number of nitrogens with zero attached hydrogens (tertiary/aromatic N) is 4. The summed E-state index contributed by atoms with van der Waals surface area (Å²) < 4.78 is 1.89. The van der Waals surface area contributed by atoms with Gasteiger partial charge in [-0.2, -0.15) is 5.10 Å². The van der Waals surface area contributed by atoms with Crippen molar-refractivity contribution in [1.82, 2.24) is 19.7 Å². The predicted molar refractivity (Wildman–Crippen MR) is 87.0 cm³/mol. The van der Waals surface area contributed by atoms with Crippen molar-refractivity contribution in [3.8, 4) is 0 Å². The molecule has 3 heterocycles. The van der Waals surface area contributed by atoms with E-state index in [4.69, 9.17) is 0 Å². The summed E-state index contributed by atoms with van der Waals surface area (Å²) in [5.74, 6) is 0.831. The summed E-state index contributed by atoms with van der Waals surface area (Å²) >= 11 is 0. The molecule has 5 heteroatoms. The first-order valence-electron chi connectivity index (χ1n) is 8.11. The van der Waals surface area contributed by atoms with Crippen LogP contribution in [0.15, 0.2) is 12.3 Å². The molecule has 5 nitrogen and oxygen atoms in total. The molecule has 1 fully saturated rings. The molecule has 0 aromatic carbocycles. The Morgan fingerprint density at radius 3 is 2.64 bits per heavy atom. The molecule has 2 aromatic rings. The summed E-state index contributed by atoms with van der Waals surface area (Å²) in [6, 6.07) is 2.13. The maximum atomic E-state index is 12.9. The Morgan fingerprint density at radius 2 is 2.00 bits per heavy atom. The van der Waals surface area contributed by atoms with Crippen LogP contribution in [0.3, 0.4) is 0 Å². The number of hydrogen-bond donors (Lipinski definition) is 0. The minimum absolute atomic E-state index is 0.116. The number of rotatable bonds is 2. The van der Waals surface area contributed by atoms with Gasteiger partial charge in [0, 0.05) is 24.8 Å². The summed E-state index contributed by atoms with van der Waals surface area (Å²) in [5, 5.41) is 5.28. The summed E-state index contributed by atoms with van der Waals surface area (Å²) in [6.45, 7) is 10.0. The van der Waals surface area contributed by atoms with Crippen molar-refractivity contribution in [2.75, 3.05) is 13.1 Å². The SMILES string of the molecule is Cc1cc(C(=O)N2CCC(C)CC2)c2cnn(C(C)C)c2n1. The van der Waals surface area contributed by atoms with Gasteiger partial charge < -0.3 is 4.90 Å². The minimum atomic E-state index is 0.116. The molecular weight excluding hydrogens is 276 g/mol. The maximum Gasteiger partial charge on any atom is 0.254 e. The van der Waals surface area contributed by atoms with Crippen LogP contribution in [0.25, 0.3) is 11.0 Å². The number of fused-ring (bicyclic) bond motifs is 1. The molecule has 0 spiro atoms. The Balaban J connectivity index is 2.01. The average Bonchev–Trinajstić information content (AvgIpc) is 2.90. The number of pyridine rings is 1. The largest absolute Gasteiger partial charge is 0.339 e. The van der Waals surface area contributed by atoms with Crippen LogP contribution in [0.4, 0.5) is 0 Å². The van der Waals surface area contributed by atoms with E-state index in [1.807, 2.05) is 22.6 Å². The summed E-state index contributed by atoms with van der Waals surface area (Å²) in [5.41, 5.74) is 2.41. The van der Waals surface area contributed by atoms with Crippen LogP contribution < -0.4 is 0 Å². The van der Waals surface area contributed by atoms with Crippen molar-refractivity contribution in [2.45, 2.75) is 46.6 Å². The van der Waals surface area contributed by atoms with E-state index in [9.17, 15) is 4.79 Å². The normalized spacial score (nSPS) is 16.7. The molecular formula is C17H24N4O. The zero-order chi connectivity index (χ0) is 15.9. The fourth-order valence-electron chi connectivity index (χ4n) is 3.08. The monoisotopic (exact) mass is 300 g/mol. The van der Waals surface area contributed by atoms with E-state index in [1.54, 1.807) is 6.20 Å². The zero-order valence-electron chi connectivity index (χ0n) is 13.8. The van der Waals surface area contributed by atoms with E-state index >= 15 is 0 Å². The average molecular weight is 300 g/mol. The van der Waals surface area contributed by atoms with Gasteiger partial charge in [-0.25, -0.2) is 9.67 Å². The molecule has 1 saturated heterocycles. The highest BCUT2D eigenvalue weighted by molar-refractivity contribution is 6.05. The lowest BCUT2D eigenvalue weighted by atomic mass is 9.98. The smallest absolute Gasteiger partial charge is 0.254 e. The lowest BCUT2D eigenvalue weighted by molar-refractivity contribution is 0.0699. The maximum absolute atomic E-state index is 12.9. The fourth-order valence-corrected chi connectivity index (χ4v) is 3.08. The van der Waals surface area contributed by atoms with Crippen molar-refractivity contribution < 1.29 is 4.79 Å². The number of carbonyl (C=O) groups is 1. The van der Waals surface area contributed by atoms with Gasteiger partial charge in [0.15, 0.2) is 5.65 Å². The number of carbonyl (C=O) groups excluding carboxylic acids is 1. The van der Waals surface area contributed by atoms with Crippen LogP contribution in [0.2, 0.25) is 0 Å². The fraction of sp³-hybridized carbons (Fsp3) is 0.588. The van der Waals surface area contributed by atoms with Gasteiger partial charge in [0.25, 0.3) is 5.91 Å². The van der Waals surface area contributed by atoms with Crippen LogP contribution in [-0.2, 0) is 0 Å². The molecule has 0 bridgehead atoms. The number of piperidine rings is 1. The van der Waals surface area contributed by atoms with Crippen LogP contribution >= 0.6 is 0 Å². The van der Waals surface area contributed by atoms with Crippen molar-refractivity contribution in [3.63, 3.8) is 0 Å². The van der Waals surface area contributed by atoms with Gasteiger partial charge in [-0.3, -0.25) is 4.79 Å². The molecule has 0 N–H and O–H groups in total. The lowest BCUT2D eigenvalue weighted by Crippen LogP contribution is -2.38. The van der Waals surface area contributed by atoms with Gasteiger partial charge in [0.2, 0.25) is 0 Å². The standard InChI is InChI=1S/C17H24N4O/c1-11(2)21-16-15(10-18-21)14(9-13(4)19-16)17(22)20-7-5-12(3)6-8-20/h9-12H,5-8H2,1-4H3. The Bertz CT molecular complexity index is 696. The molecule has 0 unspecified atom stereocenters. The first-order valence-corrected chi connectivity index (χ1v) is 8.11. The topological polar surface area (TPSA) is 51.0 Å². The van der Waals surface area contributed by atoms with Crippen molar-refractivity contribution >= 4 is 16.9 Å². The first kappa shape index (κ1) is 15.0. The van der Waals surface area contributed by atoms with E-state index in [0.717, 1.165) is 48.2 Å². The van der Waals surface area contributed by atoms with E-state index in [1.165, 1.54) is 0 Å². The van der Waals surface area contributed by atoms with Crippen molar-refractivity contribution in [1.29, 1.82) is 0 Å². The molecule has 1 amide bonds. The highest BCUT2D eigenvalue weighted by Gasteiger charge is 2.24. The third-order valence-corrected chi connectivity index (χ3v) is 4.49. The van der Waals surface area contributed by atoms with Crippen LogP contribution in [0, 0.1) is 12.8 Å². The number of amides is 1. The second-order valence-corrected chi connectivity index (χ2v) is 6.71. The highest BCUT2D eigenvalue weighted by atomic mass is 16.2. The number of likely N-dealkylation sites (tertiary alicyclic amines) is 1. The Kier molecular flexibility index (Phi) is 3.89. The summed E-state index contributed by atoms with van der Waals surface area (Å²) in [7, 11) is 0. The number of aryl methyl sites for hydroxylation is 1. The molecule has 0 atom stereocenters. The second kappa shape index (κ2) is 5.71. The van der Waals surface area contributed by atoms with E-state index in [-0.39, 0.29) is 11.9 Å². The lowest BCUT2D eigenvalue weighted by Gasteiger charge is -2.30. The van der Waals surface area contributed by atoms with Crippen molar-refractivity contribution in [3.05, 3.63) is 23.5 Å². The highest BCUT2D eigenvalue weighted by Crippen LogP contribution is 2.24. The van der Waals surface area contributed by atoms with E-state index in [2.05, 4.69) is 30.9 Å². The number of hydrogen-bond acceptors (Lipinski definition) is 3. The van der Waals surface area contributed by atoms with Gasteiger partial charge in [-0.15, -0.1) is 0 Å². The summed E-state index contributed by atoms with van der Waals surface area (Å²) in [4.78, 5) is 19.5. The van der Waals surface area contributed by atoms with Gasteiger partial charge in [-0.05, 0) is 45.6 Å². The van der Waals surface area contributed by atoms with Gasteiger partial charge in [-0.1, -0.05) is 6.92 Å². The second-order valence-electron chi connectivity index (χ2n) is 6.71. The van der Waals surface area contributed by atoms with Crippen molar-refractivity contribution in [2.24, 2.45) is 5.92 Å². The van der Waals surface area contributed by atoms with E-state index < -0.39 is 0 Å². The van der Waals surface area contributed by atoms with Crippen LogP contribution in [0.1, 0.15) is 55.7 Å². The van der Waals surface area contributed by atoms with Crippen LogP contribution in [-0.4, -0.2) is 38.7 Å². The molecule has 118 valence electrons. The molecule has 3 rings (SSSR count). The molecule has 22 heavy (non-hydrogen) atoms. The molecule has 2 aromatic heterocycles. The first-order chi connectivity index (χ1) is 10.5. The zero-order valence-corrected chi connectivity index (χ0v) is 13.8. The van der Waals surface area contributed by atoms with Gasteiger partial charge >= 0.3 is 0 Å².